The lowest BCUT2D eigenvalue weighted by atomic mass is 9.90. The Bertz CT molecular complexity index is 1750. The van der Waals surface area contributed by atoms with Gasteiger partial charge in [-0.1, -0.05) is 75.7 Å². The molecule has 8 heteroatoms. The Kier molecular flexibility index (Phi) is 16.8. The average molecular weight is 765 g/mol. The van der Waals surface area contributed by atoms with Gasteiger partial charge in [0.2, 0.25) is 0 Å². The van der Waals surface area contributed by atoms with Gasteiger partial charge in [-0.05, 0) is 129 Å². The van der Waals surface area contributed by atoms with E-state index in [9.17, 15) is 9.59 Å². The summed E-state index contributed by atoms with van der Waals surface area (Å²) in [5, 5.41) is 0. The number of hydrogen-bond donors (Lipinski definition) is 0. The number of ether oxygens (including phenoxy) is 6. The van der Waals surface area contributed by atoms with Crippen molar-refractivity contribution in [3.8, 4) is 33.8 Å². The van der Waals surface area contributed by atoms with Crippen molar-refractivity contribution in [2.45, 2.75) is 85.2 Å². The van der Waals surface area contributed by atoms with Crippen LogP contribution >= 0.6 is 0 Å². The molecule has 0 amide bonds. The summed E-state index contributed by atoms with van der Waals surface area (Å²) in [6.45, 7) is 13.1. The van der Waals surface area contributed by atoms with Crippen LogP contribution in [0.5, 0.6) is 11.5 Å². The van der Waals surface area contributed by atoms with Crippen molar-refractivity contribution in [1.29, 1.82) is 0 Å². The van der Waals surface area contributed by atoms with Gasteiger partial charge in [0, 0.05) is 12.0 Å². The quantitative estimate of drug-likeness (QED) is 0.0515. The third-order valence-corrected chi connectivity index (χ3v) is 10.3. The van der Waals surface area contributed by atoms with Gasteiger partial charge >= 0.3 is 11.9 Å². The maximum atomic E-state index is 12.7. The molecule has 0 aliphatic carbocycles. The molecule has 300 valence electrons. The molecule has 4 aromatic rings. The molecule has 2 atom stereocenters. The van der Waals surface area contributed by atoms with E-state index >= 15 is 0 Å². The Balaban J connectivity index is 0.904. The average Bonchev–Trinajstić information content (AvgIpc) is 3.21. The van der Waals surface area contributed by atoms with Crippen LogP contribution in [0.25, 0.3) is 22.3 Å². The van der Waals surface area contributed by atoms with E-state index in [-0.39, 0.29) is 23.5 Å². The zero-order valence-electron chi connectivity index (χ0n) is 33.8. The summed E-state index contributed by atoms with van der Waals surface area (Å²) in [5.74, 6) is 1.38. The van der Waals surface area contributed by atoms with Crippen molar-refractivity contribution in [3.05, 3.63) is 108 Å². The van der Waals surface area contributed by atoms with Crippen LogP contribution in [0.1, 0.15) is 99.8 Å². The van der Waals surface area contributed by atoms with Crippen molar-refractivity contribution in [1.82, 2.24) is 0 Å². The zero-order valence-corrected chi connectivity index (χ0v) is 33.8. The van der Waals surface area contributed by atoms with Crippen molar-refractivity contribution >= 4 is 11.9 Å². The molecule has 1 heterocycles. The fourth-order valence-corrected chi connectivity index (χ4v) is 6.35. The van der Waals surface area contributed by atoms with Gasteiger partial charge in [0.1, 0.15) is 11.5 Å². The second-order valence-electron chi connectivity index (χ2n) is 15.5. The number of unbranched alkanes of at least 4 members (excludes halogenated alkanes) is 3. The van der Waals surface area contributed by atoms with Crippen LogP contribution in [0.4, 0.5) is 0 Å². The molecule has 0 N–H and O–H groups in total. The number of esters is 2. The fourth-order valence-electron chi connectivity index (χ4n) is 6.35. The first-order valence-corrected chi connectivity index (χ1v) is 20.4. The standard InChI is InChI=1S/C48H60O8/c1-5-37(3)56-45-26-22-41(23-27-45)39-14-18-43(19-15-39)47(50)55-32-28-36(2)11-10-31-54-46(49)42-16-12-38(13-17-42)40-20-24-44(25-21-40)53-30-9-7-6-8-29-51-33-48(4)34-52-35-48/h12-27,36-37H,5-11,28-35H2,1-4H3/t36-,37-/m0/s1. The maximum absolute atomic E-state index is 12.7. The van der Waals surface area contributed by atoms with Crippen LogP contribution in [0.2, 0.25) is 0 Å². The summed E-state index contributed by atoms with van der Waals surface area (Å²) < 4.78 is 34.0. The van der Waals surface area contributed by atoms with Crippen molar-refractivity contribution < 1.29 is 38.0 Å². The molecule has 1 aliphatic heterocycles. The largest absolute Gasteiger partial charge is 0.494 e. The third-order valence-electron chi connectivity index (χ3n) is 10.3. The summed E-state index contributed by atoms with van der Waals surface area (Å²) in [4.78, 5) is 25.3. The molecule has 1 fully saturated rings. The molecular formula is C48H60O8. The minimum absolute atomic E-state index is 0.177. The van der Waals surface area contributed by atoms with Gasteiger partial charge in [0.15, 0.2) is 0 Å². The van der Waals surface area contributed by atoms with E-state index in [1.807, 2.05) is 72.8 Å². The van der Waals surface area contributed by atoms with Crippen LogP contribution in [0, 0.1) is 11.3 Å². The first-order valence-electron chi connectivity index (χ1n) is 20.4. The smallest absolute Gasteiger partial charge is 0.338 e. The topological polar surface area (TPSA) is 89.5 Å². The predicted octanol–water partition coefficient (Wildman–Crippen LogP) is 11.0. The van der Waals surface area contributed by atoms with Gasteiger partial charge in [-0.15, -0.1) is 0 Å². The Morgan fingerprint density at radius 1 is 0.607 bits per heavy atom. The zero-order chi connectivity index (χ0) is 39.6. The molecule has 0 aromatic heterocycles. The van der Waals surface area contributed by atoms with Crippen LogP contribution in [-0.4, -0.2) is 64.3 Å². The molecule has 56 heavy (non-hydrogen) atoms. The highest BCUT2D eigenvalue weighted by molar-refractivity contribution is 5.90. The lowest BCUT2D eigenvalue weighted by molar-refractivity contribution is -0.137. The van der Waals surface area contributed by atoms with Gasteiger partial charge in [-0.3, -0.25) is 0 Å². The molecule has 5 rings (SSSR count). The lowest BCUT2D eigenvalue weighted by Crippen LogP contribution is -2.43. The van der Waals surface area contributed by atoms with Gasteiger partial charge in [0.25, 0.3) is 0 Å². The van der Waals surface area contributed by atoms with Gasteiger partial charge in [0.05, 0.1) is 56.9 Å². The Hall–Kier alpha value is -4.66. The van der Waals surface area contributed by atoms with Crippen LogP contribution in [0.3, 0.4) is 0 Å². The van der Waals surface area contributed by atoms with Crippen LogP contribution < -0.4 is 9.47 Å². The van der Waals surface area contributed by atoms with Gasteiger partial charge in [-0.25, -0.2) is 9.59 Å². The third kappa shape index (κ3) is 13.8. The van der Waals surface area contributed by atoms with Gasteiger partial charge in [-0.2, -0.15) is 0 Å². The molecule has 0 radical (unpaired) electrons. The normalized spacial score (nSPS) is 14.3. The van der Waals surface area contributed by atoms with Gasteiger partial charge < -0.3 is 28.4 Å². The van der Waals surface area contributed by atoms with Crippen LogP contribution in [0.15, 0.2) is 97.1 Å². The molecule has 0 saturated carbocycles. The van der Waals surface area contributed by atoms with E-state index in [0.717, 1.165) is 112 Å². The molecule has 4 aromatic carbocycles. The second-order valence-corrected chi connectivity index (χ2v) is 15.5. The predicted molar refractivity (Wildman–Crippen MR) is 221 cm³/mol. The van der Waals surface area contributed by atoms with Crippen LogP contribution in [-0.2, 0) is 18.9 Å². The lowest BCUT2D eigenvalue weighted by Gasteiger charge is -2.37. The SMILES string of the molecule is CC[C@H](C)Oc1ccc(-c2ccc(C(=O)OCC[C@@H](C)CCCOC(=O)c3ccc(-c4ccc(OCCCCCCOCC5(C)COC5)cc4)cc3)cc2)cc1. The summed E-state index contributed by atoms with van der Waals surface area (Å²) in [7, 11) is 0. The summed E-state index contributed by atoms with van der Waals surface area (Å²) in [6, 6.07) is 31.0. The molecular weight excluding hydrogens is 705 g/mol. The number of carbonyl (C=O) groups excluding carboxylic acids is 2. The monoisotopic (exact) mass is 764 g/mol. The van der Waals surface area contributed by atoms with E-state index in [0.29, 0.717) is 36.9 Å². The molecule has 1 aliphatic rings. The van der Waals surface area contributed by atoms with Crippen molar-refractivity contribution in [2.75, 3.05) is 46.2 Å². The summed E-state index contributed by atoms with van der Waals surface area (Å²) in [5.41, 5.74) is 5.44. The molecule has 8 nitrogen and oxygen atoms in total. The van der Waals surface area contributed by atoms with Crippen molar-refractivity contribution in [3.63, 3.8) is 0 Å². The molecule has 0 unspecified atom stereocenters. The van der Waals surface area contributed by atoms with E-state index in [1.54, 1.807) is 24.3 Å². The Morgan fingerprint density at radius 2 is 1.11 bits per heavy atom. The highest BCUT2D eigenvalue weighted by Gasteiger charge is 2.33. The highest BCUT2D eigenvalue weighted by atomic mass is 16.5. The van der Waals surface area contributed by atoms with E-state index < -0.39 is 0 Å². The first-order chi connectivity index (χ1) is 27.2. The number of carbonyl (C=O) groups is 2. The summed E-state index contributed by atoms with van der Waals surface area (Å²) >= 11 is 0. The van der Waals surface area contributed by atoms with E-state index in [1.165, 1.54) is 0 Å². The number of benzene rings is 4. The van der Waals surface area contributed by atoms with E-state index in [2.05, 4.69) is 27.7 Å². The fraction of sp³-hybridized carbons (Fsp3) is 0.458. The Labute approximate surface area is 333 Å². The van der Waals surface area contributed by atoms with Crippen molar-refractivity contribution in [2.24, 2.45) is 11.3 Å². The first kappa shape index (κ1) is 42.5. The maximum Gasteiger partial charge on any atom is 0.338 e. The van der Waals surface area contributed by atoms with E-state index in [4.69, 9.17) is 28.4 Å². The summed E-state index contributed by atoms with van der Waals surface area (Å²) in [6.07, 6.45) is 7.84. The number of hydrogen-bond acceptors (Lipinski definition) is 8. The Morgan fingerprint density at radius 3 is 1.62 bits per heavy atom. The number of rotatable bonds is 24. The molecule has 0 bridgehead atoms. The minimum atomic E-state index is -0.328. The molecule has 1 saturated heterocycles. The highest BCUT2D eigenvalue weighted by Crippen LogP contribution is 2.27. The second kappa shape index (κ2) is 22.2. The minimum Gasteiger partial charge on any atom is -0.494 e. The molecule has 0 spiro atoms.